The third kappa shape index (κ3) is 3.62. The highest BCUT2D eigenvalue weighted by Crippen LogP contribution is 2.44. The second-order valence-corrected chi connectivity index (χ2v) is 9.33. The lowest BCUT2D eigenvalue weighted by molar-refractivity contribution is -0.132. The van der Waals surface area contributed by atoms with E-state index in [-0.39, 0.29) is 11.3 Å². The number of carbonyl (C=O) groups excluding carboxylic acids is 2. The summed E-state index contributed by atoms with van der Waals surface area (Å²) < 4.78 is 0.923. The molecule has 1 N–H and O–H groups in total. The SMILES string of the molecule is CC(C)c1ccc([C@@H]2C(=C(O)c3ccccc3)C(=O)C(=O)N2c2nc3ccccc3s2)cc1. The van der Waals surface area contributed by atoms with Crippen molar-refractivity contribution in [2.45, 2.75) is 25.8 Å². The standard InChI is InChI=1S/C27H22N2O3S/c1-16(2)17-12-14-18(15-13-17)23-22(24(30)19-8-4-3-5-9-19)25(31)26(32)29(23)27-28-20-10-6-7-11-21(20)33-27/h3-16,23,30H,1-2H3/t23-/m1/s1. The summed E-state index contributed by atoms with van der Waals surface area (Å²) in [5.74, 6) is -1.24. The van der Waals surface area contributed by atoms with Crippen LogP contribution >= 0.6 is 11.3 Å². The van der Waals surface area contributed by atoms with Crippen molar-refractivity contribution < 1.29 is 14.7 Å². The number of aliphatic hydroxyl groups is 1. The van der Waals surface area contributed by atoms with Crippen LogP contribution in [0.1, 0.15) is 42.5 Å². The highest BCUT2D eigenvalue weighted by molar-refractivity contribution is 7.22. The van der Waals surface area contributed by atoms with Crippen molar-refractivity contribution in [2.24, 2.45) is 0 Å². The molecule has 4 aromatic rings. The molecule has 0 spiro atoms. The quantitative estimate of drug-likeness (QED) is 0.232. The van der Waals surface area contributed by atoms with Crippen LogP contribution in [0.5, 0.6) is 0 Å². The number of benzene rings is 3. The summed E-state index contributed by atoms with van der Waals surface area (Å²) >= 11 is 1.35. The molecule has 1 saturated heterocycles. The molecule has 1 aliphatic heterocycles. The van der Waals surface area contributed by atoms with Crippen LogP contribution in [0.3, 0.4) is 0 Å². The van der Waals surface area contributed by atoms with E-state index in [9.17, 15) is 14.7 Å². The maximum atomic E-state index is 13.3. The van der Waals surface area contributed by atoms with E-state index in [0.29, 0.717) is 16.6 Å². The second kappa shape index (κ2) is 8.30. The van der Waals surface area contributed by atoms with E-state index in [0.717, 1.165) is 21.3 Å². The van der Waals surface area contributed by atoms with Crippen molar-refractivity contribution in [2.75, 3.05) is 4.90 Å². The molecular weight excluding hydrogens is 432 g/mol. The number of Topliss-reactive ketones (excluding diaryl/α,β-unsaturated/α-hetero) is 1. The largest absolute Gasteiger partial charge is 0.507 e. The summed E-state index contributed by atoms with van der Waals surface area (Å²) in [7, 11) is 0. The number of amides is 1. The first-order valence-corrected chi connectivity index (χ1v) is 11.6. The molecule has 0 radical (unpaired) electrons. The van der Waals surface area contributed by atoms with Crippen molar-refractivity contribution in [3.8, 4) is 0 Å². The Balaban J connectivity index is 1.72. The number of para-hydroxylation sites is 1. The molecule has 1 fully saturated rings. The number of fused-ring (bicyclic) bond motifs is 1. The number of rotatable bonds is 4. The Hall–Kier alpha value is -3.77. The fourth-order valence-electron chi connectivity index (χ4n) is 4.12. The number of hydrogen-bond donors (Lipinski definition) is 1. The van der Waals surface area contributed by atoms with Crippen molar-refractivity contribution in [3.63, 3.8) is 0 Å². The van der Waals surface area contributed by atoms with Gasteiger partial charge in [-0.05, 0) is 29.2 Å². The highest BCUT2D eigenvalue weighted by Gasteiger charge is 2.48. The number of anilines is 1. The summed E-state index contributed by atoms with van der Waals surface area (Å²) in [6.07, 6.45) is 0. The fourth-order valence-corrected chi connectivity index (χ4v) is 5.12. The molecular formula is C27H22N2O3S. The van der Waals surface area contributed by atoms with E-state index in [1.165, 1.54) is 16.2 Å². The van der Waals surface area contributed by atoms with Crippen LogP contribution in [-0.2, 0) is 9.59 Å². The van der Waals surface area contributed by atoms with Gasteiger partial charge in [0.1, 0.15) is 5.76 Å². The van der Waals surface area contributed by atoms with Gasteiger partial charge in [-0.15, -0.1) is 0 Å². The molecule has 1 amide bonds. The molecule has 0 unspecified atom stereocenters. The van der Waals surface area contributed by atoms with Crippen molar-refractivity contribution >= 4 is 44.1 Å². The molecule has 0 bridgehead atoms. The molecule has 5 rings (SSSR count). The highest BCUT2D eigenvalue weighted by atomic mass is 32.1. The maximum Gasteiger partial charge on any atom is 0.301 e. The van der Waals surface area contributed by atoms with Crippen LogP contribution in [0, 0.1) is 0 Å². The molecule has 2 heterocycles. The van der Waals surface area contributed by atoms with Gasteiger partial charge in [-0.1, -0.05) is 91.9 Å². The van der Waals surface area contributed by atoms with Crippen LogP contribution < -0.4 is 4.90 Å². The van der Waals surface area contributed by atoms with Crippen LogP contribution in [-0.4, -0.2) is 21.8 Å². The fraction of sp³-hybridized carbons (Fsp3) is 0.148. The summed E-state index contributed by atoms with van der Waals surface area (Å²) in [5, 5.41) is 11.6. The molecule has 0 aliphatic carbocycles. The smallest absolute Gasteiger partial charge is 0.301 e. The zero-order valence-corrected chi connectivity index (χ0v) is 19.0. The lowest BCUT2D eigenvalue weighted by Gasteiger charge is -2.23. The Morgan fingerprint density at radius 3 is 2.27 bits per heavy atom. The molecule has 1 atom stereocenters. The van der Waals surface area contributed by atoms with E-state index in [1.54, 1.807) is 24.3 Å². The first-order chi connectivity index (χ1) is 16.0. The van der Waals surface area contributed by atoms with Gasteiger partial charge in [0.15, 0.2) is 5.13 Å². The minimum atomic E-state index is -0.771. The molecule has 1 aliphatic rings. The summed E-state index contributed by atoms with van der Waals surface area (Å²) in [5.41, 5.74) is 3.22. The monoisotopic (exact) mass is 454 g/mol. The van der Waals surface area contributed by atoms with Gasteiger partial charge in [-0.3, -0.25) is 14.5 Å². The first kappa shape index (κ1) is 21.1. The number of nitrogens with zero attached hydrogens (tertiary/aromatic N) is 2. The molecule has 33 heavy (non-hydrogen) atoms. The van der Waals surface area contributed by atoms with Gasteiger partial charge >= 0.3 is 5.91 Å². The van der Waals surface area contributed by atoms with Crippen LogP contribution in [0.25, 0.3) is 16.0 Å². The van der Waals surface area contributed by atoms with Gasteiger partial charge in [-0.2, -0.15) is 0 Å². The molecule has 164 valence electrons. The Morgan fingerprint density at radius 2 is 1.61 bits per heavy atom. The predicted molar refractivity (Wildman–Crippen MR) is 131 cm³/mol. The van der Waals surface area contributed by atoms with Crippen LogP contribution in [0.4, 0.5) is 5.13 Å². The van der Waals surface area contributed by atoms with Gasteiger partial charge in [0, 0.05) is 5.56 Å². The van der Waals surface area contributed by atoms with Gasteiger partial charge in [0.25, 0.3) is 5.78 Å². The van der Waals surface area contributed by atoms with Crippen LogP contribution in [0.2, 0.25) is 0 Å². The van der Waals surface area contributed by atoms with Crippen LogP contribution in [0.15, 0.2) is 84.4 Å². The second-order valence-electron chi connectivity index (χ2n) is 8.32. The summed E-state index contributed by atoms with van der Waals surface area (Å²) in [6, 6.07) is 23.5. The minimum absolute atomic E-state index is 0.0720. The van der Waals surface area contributed by atoms with Crippen molar-refractivity contribution in [1.82, 2.24) is 4.98 Å². The Morgan fingerprint density at radius 1 is 0.939 bits per heavy atom. The predicted octanol–water partition coefficient (Wildman–Crippen LogP) is 6.05. The number of thiazole rings is 1. The van der Waals surface area contributed by atoms with Gasteiger partial charge < -0.3 is 5.11 Å². The molecule has 0 saturated carbocycles. The third-order valence-corrected chi connectivity index (χ3v) is 6.93. The number of aromatic nitrogens is 1. The number of ketones is 1. The van der Waals surface area contributed by atoms with Crippen molar-refractivity contribution in [1.29, 1.82) is 0 Å². The topological polar surface area (TPSA) is 70.5 Å². The first-order valence-electron chi connectivity index (χ1n) is 10.8. The zero-order valence-electron chi connectivity index (χ0n) is 18.2. The zero-order chi connectivity index (χ0) is 23.1. The average Bonchev–Trinajstić information content (AvgIpc) is 3.38. The minimum Gasteiger partial charge on any atom is -0.507 e. The van der Waals surface area contributed by atoms with E-state index < -0.39 is 17.7 Å². The number of carbonyl (C=O) groups is 2. The Bertz CT molecular complexity index is 1350. The normalized spacial score (nSPS) is 17.9. The van der Waals surface area contributed by atoms with Gasteiger partial charge in [0.2, 0.25) is 0 Å². The van der Waals surface area contributed by atoms with Gasteiger partial charge in [0.05, 0.1) is 21.8 Å². The van der Waals surface area contributed by atoms with E-state index in [1.807, 2.05) is 54.6 Å². The molecule has 3 aromatic carbocycles. The maximum absolute atomic E-state index is 13.3. The number of hydrogen-bond acceptors (Lipinski definition) is 5. The Kier molecular flexibility index (Phi) is 5.30. The summed E-state index contributed by atoms with van der Waals surface area (Å²) in [6.45, 7) is 4.22. The lowest BCUT2D eigenvalue weighted by atomic mass is 9.93. The molecule has 1 aromatic heterocycles. The lowest BCUT2D eigenvalue weighted by Crippen LogP contribution is -2.29. The van der Waals surface area contributed by atoms with E-state index in [2.05, 4.69) is 18.8 Å². The molecule has 6 heteroatoms. The Labute approximate surface area is 195 Å². The molecule has 5 nitrogen and oxygen atoms in total. The third-order valence-electron chi connectivity index (χ3n) is 5.90. The summed E-state index contributed by atoms with van der Waals surface area (Å²) in [4.78, 5) is 32.6. The number of aliphatic hydroxyl groups excluding tert-OH is 1. The average molecular weight is 455 g/mol. The van der Waals surface area contributed by atoms with E-state index >= 15 is 0 Å². The van der Waals surface area contributed by atoms with Crippen molar-refractivity contribution in [3.05, 3.63) is 101 Å². The van der Waals surface area contributed by atoms with Gasteiger partial charge in [-0.25, -0.2) is 4.98 Å². The van der Waals surface area contributed by atoms with E-state index in [4.69, 9.17) is 0 Å².